The molecule has 0 atom stereocenters. The van der Waals surface area contributed by atoms with Gasteiger partial charge in [0.2, 0.25) is 15.9 Å². The number of hydrogen-bond acceptors (Lipinski definition) is 4. The van der Waals surface area contributed by atoms with Crippen LogP contribution in [-0.4, -0.2) is 37.5 Å². The van der Waals surface area contributed by atoms with Gasteiger partial charge in [-0.15, -0.1) is 0 Å². The average molecular weight is 484 g/mol. The fourth-order valence-corrected chi connectivity index (χ4v) is 3.26. The molecule has 32 heavy (non-hydrogen) atoms. The Kier molecular flexibility index (Phi) is 7.15. The van der Waals surface area contributed by atoms with Crippen LogP contribution in [0.1, 0.15) is 18.1 Å². The van der Waals surface area contributed by atoms with Crippen molar-refractivity contribution in [2.45, 2.75) is 31.3 Å². The highest BCUT2D eigenvalue weighted by Crippen LogP contribution is 2.50. The number of carbonyl (C=O) groups is 1. The minimum Gasteiger partial charge on any atom is -0.369 e. The number of halogens is 6. The summed E-state index contributed by atoms with van der Waals surface area (Å²) in [7, 11) is -3.47. The Hall–Kier alpha value is -2.80. The molecule has 0 radical (unpaired) electrons. The molecule has 176 valence electrons. The van der Waals surface area contributed by atoms with Crippen LogP contribution in [0.5, 0.6) is 0 Å². The number of alkyl halides is 6. The Morgan fingerprint density at radius 3 is 1.78 bits per heavy atom. The zero-order chi connectivity index (χ0) is 24.4. The van der Waals surface area contributed by atoms with E-state index >= 15 is 0 Å². The van der Waals surface area contributed by atoms with Crippen molar-refractivity contribution < 1.29 is 44.7 Å². The summed E-state index contributed by atoms with van der Waals surface area (Å²) >= 11 is 0. The molecule has 0 saturated carbocycles. The Balaban J connectivity index is 2.09. The van der Waals surface area contributed by atoms with Crippen molar-refractivity contribution in [2.24, 2.45) is 0 Å². The van der Waals surface area contributed by atoms with Crippen LogP contribution in [-0.2, 0) is 26.8 Å². The van der Waals surface area contributed by atoms with Gasteiger partial charge in [0.15, 0.2) is 0 Å². The van der Waals surface area contributed by atoms with E-state index in [1.54, 1.807) is 0 Å². The summed E-state index contributed by atoms with van der Waals surface area (Å²) in [4.78, 5) is 12.1. The fourth-order valence-electron chi connectivity index (χ4n) is 2.62. The lowest BCUT2D eigenvalue weighted by molar-refractivity contribution is -0.376. The van der Waals surface area contributed by atoms with Crippen molar-refractivity contribution in [2.75, 3.05) is 15.8 Å². The normalized spacial score (nSPS) is 13.0. The summed E-state index contributed by atoms with van der Waals surface area (Å²) in [6, 6.07) is 8.26. The van der Waals surface area contributed by atoms with Gasteiger partial charge < -0.3 is 10.4 Å². The second kappa shape index (κ2) is 8.98. The van der Waals surface area contributed by atoms with Crippen molar-refractivity contribution in [1.29, 1.82) is 0 Å². The molecule has 1 amide bonds. The third kappa shape index (κ3) is 5.71. The summed E-state index contributed by atoms with van der Waals surface area (Å²) in [6.45, 7) is 1.46. The van der Waals surface area contributed by atoms with Crippen LogP contribution in [0.15, 0.2) is 48.5 Å². The van der Waals surface area contributed by atoms with Crippen LogP contribution in [0.4, 0.5) is 37.7 Å². The maximum atomic E-state index is 12.9. The molecule has 0 fully saturated rings. The maximum Gasteiger partial charge on any atom is 0.430 e. The van der Waals surface area contributed by atoms with Gasteiger partial charge in [-0.1, -0.05) is 24.3 Å². The number of carbonyl (C=O) groups excluding carboxylic acids is 1. The minimum atomic E-state index is -6.01. The van der Waals surface area contributed by atoms with Crippen LogP contribution in [0.25, 0.3) is 0 Å². The van der Waals surface area contributed by atoms with E-state index in [0.717, 1.165) is 12.1 Å². The molecule has 6 nitrogen and oxygen atoms in total. The zero-order valence-electron chi connectivity index (χ0n) is 16.4. The topological polar surface area (TPSA) is 95.5 Å². The number of hydrogen-bond donors (Lipinski definition) is 3. The summed E-state index contributed by atoms with van der Waals surface area (Å²) in [5.74, 6) is -0.749. The molecular formula is C19H18F6N2O4S. The third-order valence-corrected chi connectivity index (χ3v) is 5.69. The van der Waals surface area contributed by atoms with Gasteiger partial charge >= 0.3 is 12.4 Å². The lowest BCUT2D eigenvalue weighted by Gasteiger charge is -2.32. The van der Waals surface area contributed by atoms with Crippen LogP contribution in [0, 0.1) is 0 Å². The van der Waals surface area contributed by atoms with Gasteiger partial charge in [-0.3, -0.25) is 9.52 Å². The van der Waals surface area contributed by atoms with E-state index in [9.17, 15) is 44.7 Å². The smallest absolute Gasteiger partial charge is 0.369 e. The summed E-state index contributed by atoms with van der Waals surface area (Å²) in [5.41, 5.74) is -5.82. The number of nitrogens with one attached hydrogen (secondary N) is 2. The first-order valence-corrected chi connectivity index (χ1v) is 10.6. The molecule has 0 spiro atoms. The number of amides is 1. The van der Waals surface area contributed by atoms with Crippen molar-refractivity contribution >= 4 is 27.3 Å². The van der Waals surface area contributed by atoms with Crippen molar-refractivity contribution in [3.8, 4) is 0 Å². The number of rotatable bonds is 7. The molecule has 0 aliphatic carbocycles. The van der Waals surface area contributed by atoms with Crippen LogP contribution >= 0.6 is 0 Å². The Morgan fingerprint density at radius 1 is 0.875 bits per heavy atom. The standard InChI is InChI=1S/C19H18F6N2O4S/c1-2-32(30,31)27-15-7-3-12(4-8-15)11-16(28)26-14-9-5-13(6-10-14)17(29,18(20,21)22)19(23,24)25/h3-10,27,29H,2,11H2,1H3,(H,26,28). The molecule has 2 aromatic rings. The predicted molar refractivity (Wildman–Crippen MR) is 104 cm³/mol. The SMILES string of the molecule is CCS(=O)(=O)Nc1ccc(CC(=O)Nc2ccc(C(O)(C(F)(F)F)C(F)(F)F)cc2)cc1. The molecule has 0 unspecified atom stereocenters. The van der Waals surface area contributed by atoms with Crippen molar-refractivity contribution in [3.63, 3.8) is 0 Å². The van der Waals surface area contributed by atoms with Crippen LogP contribution in [0.2, 0.25) is 0 Å². The molecule has 0 aliphatic heterocycles. The molecule has 0 heterocycles. The molecule has 0 bridgehead atoms. The van der Waals surface area contributed by atoms with E-state index in [0.29, 0.717) is 17.7 Å². The second-order valence-corrected chi connectivity index (χ2v) is 8.72. The second-order valence-electron chi connectivity index (χ2n) is 6.71. The lowest BCUT2D eigenvalue weighted by Crippen LogP contribution is -2.53. The lowest BCUT2D eigenvalue weighted by atomic mass is 9.92. The molecule has 0 aliphatic rings. The van der Waals surface area contributed by atoms with Crippen molar-refractivity contribution in [3.05, 3.63) is 59.7 Å². The Labute approximate surface area is 179 Å². The van der Waals surface area contributed by atoms with Gasteiger partial charge in [-0.25, -0.2) is 8.42 Å². The first-order valence-electron chi connectivity index (χ1n) is 8.94. The van der Waals surface area contributed by atoms with Gasteiger partial charge in [0.05, 0.1) is 12.2 Å². The first kappa shape index (κ1) is 25.5. The van der Waals surface area contributed by atoms with Gasteiger partial charge in [0.1, 0.15) is 0 Å². The van der Waals surface area contributed by atoms with E-state index in [4.69, 9.17) is 0 Å². The van der Waals surface area contributed by atoms with E-state index in [1.165, 1.54) is 31.2 Å². The highest BCUT2D eigenvalue weighted by atomic mass is 32.2. The van der Waals surface area contributed by atoms with Gasteiger partial charge in [-0.2, -0.15) is 26.3 Å². The molecule has 0 saturated heterocycles. The molecule has 0 aromatic heterocycles. The van der Waals surface area contributed by atoms with E-state index < -0.39 is 39.4 Å². The molecule has 3 N–H and O–H groups in total. The maximum absolute atomic E-state index is 12.9. The number of aliphatic hydroxyl groups is 1. The number of sulfonamides is 1. The molecular weight excluding hydrogens is 466 g/mol. The molecule has 13 heteroatoms. The van der Waals surface area contributed by atoms with E-state index in [2.05, 4.69) is 10.0 Å². The first-order chi connectivity index (χ1) is 14.6. The predicted octanol–water partition coefficient (Wildman–Crippen LogP) is 3.94. The van der Waals surface area contributed by atoms with E-state index in [1.807, 2.05) is 0 Å². The third-order valence-electron chi connectivity index (χ3n) is 4.38. The summed E-state index contributed by atoms with van der Waals surface area (Å²) < 4.78 is 103. The summed E-state index contributed by atoms with van der Waals surface area (Å²) in [5, 5.41) is 11.7. The quantitative estimate of drug-likeness (QED) is 0.519. The molecule has 2 rings (SSSR count). The van der Waals surface area contributed by atoms with Gasteiger partial charge in [0.25, 0.3) is 5.60 Å². The van der Waals surface area contributed by atoms with Gasteiger partial charge in [0, 0.05) is 16.9 Å². The van der Waals surface area contributed by atoms with Crippen molar-refractivity contribution in [1.82, 2.24) is 0 Å². The number of benzene rings is 2. The van der Waals surface area contributed by atoms with Crippen LogP contribution in [0.3, 0.4) is 0 Å². The fraction of sp³-hybridized carbons (Fsp3) is 0.316. The zero-order valence-corrected chi connectivity index (χ0v) is 17.2. The number of anilines is 2. The largest absolute Gasteiger partial charge is 0.430 e. The minimum absolute atomic E-state index is 0.0854. The highest BCUT2D eigenvalue weighted by molar-refractivity contribution is 7.92. The Bertz CT molecular complexity index is 1040. The van der Waals surface area contributed by atoms with E-state index in [-0.39, 0.29) is 23.5 Å². The van der Waals surface area contributed by atoms with Gasteiger partial charge in [-0.05, 0) is 36.8 Å². The van der Waals surface area contributed by atoms with Crippen LogP contribution < -0.4 is 10.0 Å². The highest BCUT2D eigenvalue weighted by Gasteiger charge is 2.71. The molecule has 2 aromatic carbocycles. The monoisotopic (exact) mass is 484 g/mol. The Morgan fingerprint density at radius 2 is 1.34 bits per heavy atom. The average Bonchev–Trinajstić information content (AvgIpc) is 2.67. The summed E-state index contributed by atoms with van der Waals surface area (Å²) in [6.07, 6.45) is -12.2.